The lowest BCUT2D eigenvalue weighted by molar-refractivity contribution is 0.0984. The van der Waals surface area contributed by atoms with Crippen molar-refractivity contribution in [2.45, 2.75) is 44.6 Å². The minimum absolute atomic E-state index is 0.210. The predicted molar refractivity (Wildman–Crippen MR) is 147 cm³/mol. The molecule has 0 unspecified atom stereocenters. The minimum Gasteiger partial charge on any atom is -0.278 e. The number of thiazole rings is 1. The van der Waals surface area contributed by atoms with Crippen molar-refractivity contribution in [3.8, 4) is 0 Å². The molecule has 0 radical (unpaired) electrons. The van der Waals surface area contributed by atoms with E-state index in [-0.39, 0.29) is 17.3 Å². The van der Waals surface area contributed by atoms with Crippen molar-refractivity contribution in [3.63, 3.8) is 0 Å². The molecule has 1 fully saturated rings. The van der Waals surface area contributed by atoms with Crippen LogP contribution in [0.4, 0.5) is 5.13 Å². The quantitative estimate of drug-likeness (QED) is 0.312. The smallest absolute Gasteiger partial charge is 0.260 e. The first kappa shape index (κ1) is 25.5. The zero-order valence-electron chi connectivity index (χ0n) is 21.0. The predicted octanol–water partition coefficient (Wildman–Crippen LogP) is 5.52. The van der Waals surface area contributed by atoms with E-state index in [9.17, 15) is 13.2 Å². The Bertz CT molecular complexity index is 1490. The van der Waals surface area contributed by atoms with Crippen LogP contribution in [0.2, 0.25) is 0 Å². The lowest BCUT2D eigenvalue weighted by Gasteiger charge is -2.29. The largest absolute Gasteiger partial charge is 0.278 e. The summed E-state index contributed by atoms with van der Waals surface area (Å²) in [5, 5.41) is 0.582. The number of amides is 1. The molecule has 9 heteroatoms. The van der Waals surface area contributed by atoms with Gasteiger partial charge in [0.1, 0.15) is 0 Å². The Morgan fingerprint density at radius 3 is 2.51 bits per heavy atom. The van der Waals surface area contributed by atoms with Crippen molar-refractivity contribution in [2.75, 3.05) is 18.0 Å². The Labute approximate surface area is 221 Å². The number of sulfonamides is 1. The fourth-order valence-electron chi connectivity index (χ4n) is 4.47. The van der Waals surface area contributed by atoms with Crippen molar-refractivity contribution in [3.05, 3.63) is 83.7 Å². The Morgan fingerprint density at radius 2 is 1.84 bits per heavy atom. The molecule has 0 aliphatic carbocycles. The van der Waals surface area contributed by atoms with Gasteiger partial charge < -0.3 is 0 Å². The molecule has 1 amide bonds. The van der Waals surface area contributed by atoms with E-state index in [2.05, 4.69) is 31.0 Å². The Kier molecular flexibility index (Phi) is 7.37. The summed E-state index contributed by atoms with van der Waals surface area (Å²) in [7, 11) is -3.58. The molecular formula is C28H30N4O3S2. The Balaban J connectivity index is 1.45. The van der Waals surface area contributed by atoms with Gasteiger partial charge in [-0.3, -0.25) is 14.7 Å². The van der Waals surface area contributed by atoms with E-state index in [1.165, 1.54) is 29.0 Å². The number of hydrogen-bond acceptors (Lipinski definition) is 6. The number of fused-ring (bicyclic) bond motifs is 1. The molecule has 0 saturated carbocycles. The summed E-state index contributed by atoms with van der Waals surface area (Å²) in [6.07, 6.45) is 4.34. The first-order chi connectivity index (χ1) is 17.8. The van der Waals surface area contributed by atoms with Crippen LogP contribution in [0, 0.1) is 5.92 Å². The molecule has 0 N–H and O–H groups in total. The second-order valence-electron chi connectivity index (χ2n) is 9.48. The van der Waals surface area contributed by atoms with E-state index in [0.717, 1.165) is 35.2 Å². The third-order valence-corrected chi connectivity index (χ3v) is 9.81. The second kappa shape index (κ2) is 10.7. The number of anilines is 1. The Morgan fingerprint density at radius 1 is 1.08 bits per heavy atom. The van der Waals surface area contributed by atoms with Gasteiger partial charge in [-0.15, -0.1) is 0 Å². The Hall–Kier alpha value is -3.14. The molecule has 0 bridgehead atoms. The van der Waals surface area contributed by atoms with Crippen LogP contribution in [0.5, 0.6) is 0 Å². The van der Waals surface area contributed by atoms with Gasteiger partial charge in [0.2, 0.25) is 10.0 Å². The fourth-order valence-corrected chi connectivity index (χ4v) is 6.97. The fraction of sp³-hybridized carbons (Fsp3) is 0.321. The number of carbonyl (C=O) groups is 1. The van der Waals surface area contributed by atoms with Crippen molar-refractivity contribution < 1.29 is 13.2 Å². The number of hydrogen-bond donors (Lipinski definition) is 0. The van der Waals surface area contributed by atoms with Crippen LogP contribution in [0.1, 0.15) is 48.3 Å². The van der Waals surface area contributed by atoms with E-state index >= 15 is 0 Å². The summed E-state index contributed by atoms with van der Waals surface area (Å²) < 4.78 is 28.8. The highest BCUT2D eigenvalue weighted by Gasteiger charge is 2.29. The first-order valence-electron chi connectivity index (χ1n) is 12.6. The molecular weight excluding hydrogens is 504 g/mol. The van der Waals surface area contributed by atoms with Gasteiger partial charge in [0, 0.05) is 24.8 Å². The number of aromatic nitrogens is 2. The topological polar surface area (TPSA) is 83.5 Å². The molecule has 3 heterocycles. The lowest BCUT2D eigenvalue weighted by Crippen LogP contribution is -2.37. The van der Waals surface area contributed by atoms with Crippen LogP contribution in [0.3, 0.4) is 0 Å². The van der Waals surface area contributed by atoms with Crippen molar-refractivity contribution in [1.29, 1.82) is 0 Å². The van der Waals surface area contributed by atoms with E-state index in [1.54, 1.807) is 27.5 Å². The standard InChI is InChI=1S/C28H30N4O3S2/c1-3-21-7-12-25-26(18-21)36-28(30-25)32(19-23-6-4-5-15-29-23)27(33)22-8-10-24(11-9-22)37(34,35)31-16-13-20(2)14-17-31/h4-12,15,18,20H,3,13-14,16-17,19H2,1-2H3. The number of pyridine rings is 1. The summed E-state index contributed by atoms with van der Waals surface area (Å²) in [6, 6.07) is 18.0. The molecule has 2 aromatic carbocycles. The molecule has 5 rings (SSSR count). The number of aryl methyl sites for hydroxylation is 1. The number of rotatable bonds is 7. The van der Waals surface area contributed by atoms with Crippen molar-refractivity contribution >= 4 is 42.6 Å². The number of nitrogens with zero attached hydrogens (tertiary/aromatic N) is 4. The highest BCUT2D eigenvalue weighted by molar-refractivity contribution is 7.89. The maximum absolute atomic E-state index is 13.8. The summed E-state index contributed by atoms with van der Waals surface area (Å²) in [5.74, 6) is 0.281. The third-order valence-electron chi connectivity index (χ3n) is 6.85. The van der Waals surface area contributed by atoms with Crippen LogP contribution in [0.25, 0.3) is 10.2 Å². The van der Waals surface area contributed by atoms with Gasteiger partial charge in [0.25, 0.3) is 5.91 Å². The van der Waals surface area contributed by atoms with Gasteiger partial charge in [-0.25, -0.2) is 13.4 Å². The maximum Gasteiger partial charge on any atom is 0.260 e. The van der Waals surface area contributed by atoms with E-state index in [0.29, 0.717) is 29.7 Å². The number of carbonyl (C=O) groups excluding carboxylic acids is 1. The molecule has 37 heavy (non-hydrogen) atoms. The zero-order chi connectivity index (χ0) is 26.0. The molecule has 1 aliphatic rings. The minimum atomic E-state index is -3.58. The van der Waals surface area contributed by atoms with Crippen LogP contribution < -0.4 is 4.90 Å². The molecule has 192 valence electrons. The summed E-state index contributed by atoms with van der Waals surface area (Å²) >= 11 is 1.47. The SMILES string of the molecule is CCc1ccc2nc(N(Cc3ccccn3)C(=O)c3ccc(S(=O)(=O)N4CCC(C)CC4)cc3)sc2c1. The lowest BCUT2D eigenvalue weighted by atomic mass is 10.0. The van der Waals surface area contributed by atoms with Crippen LogP contribution in [0.15, 0.2) is 71.8 Å². The van der Waals surface area contributed by atoms with Crippen LogP contribution in [-0.2, 0) is 23.0 Å². The van der Waals surface area contributed by atoms with Crippen LogP contribution >= 0.6 is 11.3 Å². The van der Waals surface area contributed by atoms with E-state index in [1.807, 2.05) is 24.3 Å². The number of piperidine rings is 1. The average Bonchev–Trinajstić information content (AvgIpc) is 3.35. The highest BCUT2D eigenvalue weighted by atomic mass is 32.2. The molecule has 0 spiro atoms. The molecule has 1 aliphatic heterocycles. The normalized spacial score (nSPS) is 15.2. The average molecular weight is 535 g/mol. The van der Waals surface area contributed by atoms with Gasteiger partial charge >= 0.3 is 0 Å². The second-order valence-corrected chi connectivity index (χ2v) is 12.4. The molecule has 1 saturated heterocycles. The van der Waals surface area contributed by atoms with Gasteiger partial charge in [0.05, 0.1) is 27.4 Å². The van der Waals surface area contributed by atoms with Gasteiger partial charge in [-0.2, -0.15) is 4.31 Å². The van der Waals surface area contributed by atoms with Crippen molar-refractivity contribution in [2.24, 2.45) is 5.92 Å². The van der Waals surface area contributed by atoms with Crippen LogP contribution in [-0.4, -0.2) is 41.7 Å². The molecule has 2 aromatic heterocycles. The highest BCUT2D eigenvalue weighted by Crippen LogP contribution is 2.32. The molecule has 0 atom stereocenters. The zero-order valence-corrected chi connectivity index (χ0v) is 22.6. The van der Waals surface area contributed by atoms with Gasteiger partial charge in [-0.1, -0.05) is 37.3 Å². The summed E-state index contributed by atoms with van der Waals surface area (Å²) in [4.78, 5) is 24.7. The molecule has 7 nitrogen and oxygen atoms in total. The number of benzene rings is 2. The van der Waals surface area contributed by atoms with E-state index < -0.39 is 10.0 Å². The monoisotopic (exact) mass is 534 g/mol. The van der Waals surface area contributed by atoms with Crippen molar-refractivity contribution in [1.82, 2.24) is 14.3 Å². The maximum atomic E-state index is 13.8. The summed E-state index contributed by atoms with van der Waals surface area (Å²) in [5.41, 5.74) is 3.19. The van der Waals surface area contributed by atoms with Gasteiger partial charge in [-0.05, 0) is 79.3 Å². The molecule has 4 aromatic rings. The first-order valence-corrected chi connectivity index (χ1v) is 14.8. The summed E-state index contributed by atoms with van der Waals surface area (Å²) in [6.45, 7) is 5.57. The van der Waals surface area contributed by atoms with Gasteiger partial charge in [0.15, 0.2) is 5.13 Å². The third kappa shape index (κ3) is 5.44. The van der Waals surface area contributed by atoms with E-state index in [4.69, 9.17) is 4.98 Å².